The van der Waals surface area contributed by atoms with E-state index in [4.69, 9.17) is 14.2 Å². The largest absolute Gasteiger partial charge is 0.481 e. The number of carboxylic acid groups (broad SMARTS) is 1. The molecular formula is C23H29N3O6. The topological polar surface area (TPSA) is 120 Å². The van der Waals surface area contributed by atoms with Crippen LogP contribution in [0.5, 0.6) is 5.88 Å². The third kappa shape index (κ3) is 6.40. The Hall–Kier alpha value is -3.20. The number of fused-ring (bicyclic) bond motifs is 1. The Morgan fingerprint density at radius 2 is 2.06 bits per heavy atom. The van der Waals surface area contributed by atoms with Gasteiger partial charge in [-0.2, -0.15) is 0 Å². The molecular weight excluding hydrogens is 414 g/mol. The number of hydrogen-bond acceptors (Lipinski definition) is 7. The SMILES string of the molecule is COc1ccc2nccc(C=C[C@@H]3CC[C@@H](NC(=O)OC(C)(C)C)[C@@H](CC(=O)O)O3)c2n1. The number of pyridine rings is 2. The van der Waals surface area contributed by atoms with Crippen molar-refractivity contribution >= 4 is 29.2 Å². The Bertz CT molecular complexity index is 1000. The highest BCUT2D eigenvalue weighted by molar-refractivity contribution is 5.84. The normalized spacial score (nSPS) is 21.4. The highest BCUT2D eigenvalue weighted by atomic mass is 16.6. The van der Waals surface area contributed by atoms with Crippen molar-refractivity contribution in [2.75, 3.05) is 7.11 Å². The van der Waals surface area contributed by atoms with Crippen molar-refractivity contribution in [3.8, 4) is 5.88 Å². The van der Waals surface area contributed by atoms with Crippen LogP contribution >= 0.6 is 0 Å². The van der Waals surface area contributed by atoms with Crippen LogP contribution in [0.25, 0.3) is 17.1 Å². The van der Waals surface area contributed by atoms with Crippen molar-refractivity contribution in [2.24, 2.45) is 0 Å². The van der Waals surface area contributed by atoms with Gasteiger partial charge in [-0.3, -0.25) is 9.78 Å². The molecule has 32 heavy (non-hydrogen) atoms. The number of amides is 1. The van der Waals surface area contributed by atoms with Gasteiger partial charge >= 0.3 is 12.1 Å². The van der Waals surface area contributed by atoms with E-state index >= 15 is 0 Å². The van der Waals surface area contributed by atoms with Gasteiger partial charge in [-0.15, -0.1) is 0 Å². The fraction of sp³-hybridized carbons (Fsp3) is 0.478. The monoisotopic (exact) mass is 443 g/mol. The van der Waals surface area contributed by atoms with Gasteiger partial charge in [0.15, 0.2) is 0 Å². The van der Waals surface area contributed by atoms with E-state index in [9.17, 15) is 14.7 Å². The minimum absolute atomic E-state index is 0.220. The zero-order chi connectivity index (χ0) is 23.3. The maximum atomic E-state index is 12.2. The number of carbonyl (C=O) groups is 2. The molecule has 3 rings (SSSR count). The standard InChI is InChI=1S/C23H29N3O6/c1-23(2,3)32-22(29)25-16-8-7-15(31-18(16)13-20(27)28)6-5-14-11-12-24-17-9-10-19(30-4)26-21(14)17/h5-6,9-12,15-16,18H,7-8,13H2,1-4H3,(H,25,29)(H,27,28)/t15-,16-,18-/m1/s1. The van der Waals surface area contributed by atoms with E-state index in [1.165, 1.54) is 0 Å². The summed E-state index contributed by atoms with van der Waals surface area (Å²) in [7, 11) is 1.56. The van der Waals surface area contributed by atoms with Crippen LogP contribution < -0.4 is 10.1 Å². The van der Waals surface area contributed by atoms with Crippen LogP contribution in [0, 0.1) is 0 Å². The second-order valence-electron chi connectivity index (χ2n) is 8.62. The summed E-state index contributed by atoms with van der Waals surface area (Å²) < 4.78 is 16.5. The number of carbonyl (C=O) groups excluding carboxylic acids is 1. The number of nitrogens with one attached hydrogen (secondary N) is 1. The van der Waals surface area contributed by atoms with E-state index in [1.54, 1.807) is 40.1 Å². The molecule has 1 aliphatic heterocycles. The number of carboxylic acids is 1. The fourth-order valence-corrected chi connectivity index (χ4v) is 3.53. The zero-order valence-electron chi connectivity index (χ0n) is 18.7. The molecule has 2 aromatic rings. The van der Waals surface area contributed by atoms with Crippen LogP contribution in [0.15, 0.2) is 30.5 Å². The number of methoxy groups -OCH3 is 1. The molecule has 0 spiro atoms. The van der Waals surface area contributed by atoms with Crippen LogP contribution in [0.2, 0.25) is 0 Å². The predicted octanol–water partition coefficient (Wildman–Crippen LogP) is 3.57. The van der Waals surface area contributed by atoms with Crippen LogP contribution in [0.1, 0.15) is 45.6 Å². The number of hydrogen-bond donors (Lipinski definition) is 2. The number of ether oxygens (including phenoxy) is 3. The van der Waals surface area contributed by atoms with Crippen molar-refractivity contribution < 1.29 is 28.9 Å². The summed E-state index contributed by atoms with van der Waals surface area (Å²) in [5, 5.41) is 12.1. The Labute approximate surface area is 186 Å². The van der Waals surface area contributed by atoms with Crippen LogP contribution in [-0.4, -0.2) is 58.1 Å². The third-order valence-electron chi connectivity index (χ3n) is 4.93. The van der Waals surface area contributed by atoms with Crippen LogP contribution in [-0.2, 0) is 14.3 Å². The molecule has 0 unspecified atom stereocenters. The highest BCUT2D eigenvalue weighted by Gasteiger charge is 2.34. The molecule has 0 aromatic carbocycles. The van der Waals surface area contributed by atoms with Gasteiger partial charge in [-0.1, -0.05) is 12.2 Å². The van der Waals surface area contributed by atoms with Crippen molar-refractivity contribution in [3.63, 3.8) is 0 Å². The molecule has 9 heteroatoms. The van der Waals surface area contributed by atoms with E-state index in [1.807, 2.05) is 24.3 Å². The second-order valence-corrected chi connectivity index (χ2v) is 8.62. The zero-order valence-corrected chi connectivity index (χ0v) is 18.7. The van der Waals surface area contributed by atoms with Crippen LogP contribution in [0.3, 0.4) is 0 Å². The van der Waals surface area contributed by atoms with E-state index < -0.39 is 29.8 Å². The van der Waals surface area contributed by atoms with E-state index in [-0.39, 0.29) is 12.5 Å². The minimum atomic E-state index is -0.993. The van der Waals surface area contributed by atoms with E-state index in [0.29, 0.717) is 24.2 Å². The van der Waals surface area contributed by atoms with Gasteiger partial charge in [0, 0.05) is 17.8 Å². The molecule has 2 N–H and O–H groups in total. The predicted molar refractivity (Wildman–Crippen MR) is 118 cm³/mol. The summed E-state index contributed by atoms with van der Waals surface area (Å²) in [6, 6.07) is 4.99. The Morgan fingerprint density at radius 3 is 2.75 bits per heavy atom. The van der Waals surface area contributed by atoms with Gasteiger partial charge < -0.3 is 24.6 Å². The highest BCUT2D eigenvalue weighted by Crippen LogP contribution is 2.25. The Morgan fingerprint density at radius 1 is 1.28 bits per heavy atom. The maximum absolute atomic E-state index is 12.2. The van der Waals surface area contributed by atoms with Crippen molar-refractivity contribution in [3.05, 3.63) is 36.0 Å². The van der Waals surface area contributed by atoms with Gasteiger partial charge in [0.25, 0.3) is 0 Å². The molecule has 3 atom stereocenters. The first-order valence-corrected chi connectivity index (χ1v) is 10.5. The van der Waals surface area contributed by atoms with Gasteiger partial charge in [0.1, 0.15) is 5.60 Å². The van der Waals surface area contributed by atoms with Crippen LogP contribution in [0.4, 0.5) is 4.79 Å². The molecule has 3 heterocycles. The number of aromatic nitrogens is 2. The molecule has 0 bridgehead atoms. The average molecular weight is 444 g/mol. The first-order chi connectivity index (χ1) is 15.1. The number of aliphatic carboxylic acids is 1. The Kier molecular flexibility index (Phi) is 7.29. The first-order valence-electron chi connectivity index (χ1n) is 10.5. The molecule has 0 radical (unpaired) electrons. The molecule has 1 fully saturated rings. The molecule has 172 valence electrons. The molecule has 1 saturated heterocycles. The summed E-state index contributed by atoms with van der Waals surface area (Å²) in [4.78, 5) is 32.3. The number of rotatable bonds is 6. The maximum Gasteiger partial charge on any atom is 0.407 e. The summed E-state index contributed by atoms with van der Waals surface area (Å²) in [5.74, 6) is -0.501. The quantitative estimate of drug-likeness (QED) is 0.695. The van der Waals surface area contributed by atoms with Gasteiger partial charge in [-0.25, -0.2) is 9.78 Å². The lowest BCUT2D eigenvalue weighted by Gasteiger charge is -2.35. The molecule has 0 saturated carbocycles. The fourth-order valence-electron chi connectivity index (χ4n) is 3.53. The summed E-state index contributed by atoms with van der Waals surface area (Å²) in [5.41, 5.74) is 1.65. The average Bonchev–Trinajstić information content (AvgIpc) is 2.71. The molecule has 1 amide bonds. The van der Waals surface area contributed by atoms with E-state index in [0.717, 1.165) is 11.1 Å². The van der Waals surface area contributed by atoms with Gasteiger partial charge in [0.05, 0.1) is 42.8 Å². The molecule has 0 aliphatic carbocycles. The van der Waals surface area contributed by atoms with Crippen molar-refractivity contribution in [1.82, 2.24) is 15.3 Å². The summed E-state index contributed by atoms with van der Waals surface area (Å²) in [6.07, 6.45) is 4.88. The lowest BCUT2D eigenvalue weighted by atomic mass is 9.96. The van der Waals surface area contributed by atoms with Gasteiger partial charge in [0.2, 0.25) is 5.88 Å². The summed E-state index contributed by atoms with van der Waals surface area (Å²) in [6.45, 7) is 5.31. The first kappa shape index (κ1) is 23.5. The Balaban J connectivity index is 1.72. The lowest BCUT2D eigenvalue weighted by Crippen LogP contribution is -2.50. The number of nitrogens with zero attached hydrogens (tertiary/aromatic N) is 2. The third-order valence-corrected chi connectivity index (χ3v) is 4.93. The smallest absolute Gasteiger partial charge is 0.407 e. The molecule has 9 nitrogen and oxygen atoms in total. The van der Waals surface area contributed by atoms with Crippen molar-refractivity contribution in [2.45, 2.75) is 63.9 Å². The molecule has 2 aromatic heterocycles. The van der Waals surface area contributed by atoms with Gasteiger partial charge in [-0.05, 0) is 45.7 Å². The molecule has 1 aliphatic rings. The van der Waals surface area contributed by atoms with Crippen molar-refractivity contribution in [1.29, 1.82) is 0 Å². The summed E-state index contributed by atoms with van der Waals surface area (Å²) >= 11 is 0. The number of alkyl carbamates (subject to hydrolysis) is 1. The second kappa shape index (κ2) is 9.95. The van der Waals surface area contributed by atoms with E-state index in [2.05, 4.69) is 15.3 Å². The minimum Gasteiger partial charge on any atom is -0.481 e. The lowest BCUT2D eigenvalue weighted by molar-refractivity contribution is -0.143.